The fourth-order valence-corrected chi connectivity index (χ4v) is 1.05. The van der Waals surface area contributed by atoms with Gasteiger partial charge in [-0.2, -0.15) is 0 Å². The zero-order valence-corrected chi connectivity index (χ0v) is 10.5. The van der Waals surface area contributed by atoms with Crippen LogP contribution in [0.25, 0.3) is 0 Å². The Morgan fingerprint density at radius 1 is 1.26 bits per heavy atom. The normalized spacial score (nSPS) is 9.58. The number of anilines is 2. The van der Waals surface area contributed by atoms with Gasteiger partial charge in [0.1, 0.15) is 0 Å². The molecule has 0 aliphatic carbocycles. The molecule has 19 heavy (non-hydrogen) atoms. The van der Waals surface area contributed by atoms with Crippen LogP contribution in [-0.2, 0) is 19.1 Å². The molecule has 0 saturated carbocycles. The maximum Gasteiger partial charge on any atom is 0.347 e. The lowest BCUT2D eigenvalue weighted by atomic mass is 10.3. The Morgan fingerprint density at radius 2 is 1.84 bits per heavy atom. The molecule has 1 heterocycles. The van der Waals surface area contributed by atoms with Crippen molar-refractivity contribution in [2.45, 2.75) is 13.8 Å². The van der Waals surface area contributed by atoms with Crippen LogP contribution in [0.3, 0.4) is 0 Å². The van der Waals surface area contributed by atoms with Crippen molar-refractivity contribution in [1.82, 2.24) is 10.3 Å². The number of nitrogen functional groups attached to an aromatic ring is 1. The number of nitrogens with one attached hydrogen (secondary N) is 1. The molecular weight excluding hydrogens is 256 g/mol. The van der Waals surface area contributed by atoms with E-state index in [4.69, 9.17) is 15.2 Å². The summed E-state index contributed by atoms with van der Waals surface area (Å²) in [6, 6.07) is 0. The summed E-state index contributed by atoms with van der Waals surface area (Å²) in [6.45, 7) is 3.49. The van der Waals surface area contributed by atoms with E-state index in [9.17, 15) is 9.59 Å². The SMILES string of the molecule is CCOC(=O)C(=CNc1nonc1N)C(=O)OCC. The number of nitrogens with two attached hydrogens (primary N) is 1. The smallest absolute Gasteiger partial charge is 0.347 e. The van der Waals surface area contributed by atoms with Crippen LogP contribution in [0.1, 0.15) is 13.8 Å². The van der Waals surface area contributed by atoms with Gasteiger partial charge >= 0.3 is 11.9 Å². The van der Waals surface area contributed by atoms with Crippen molar-refractivity contribution in [3.8, 4) is 0 Å². The van der Waals surface area contributed by atoms with Crippen molar-refractivity contribution in [3.05, 3.63) is 11.8 Å². The van der Waals surface area contributed by atoms with Gasteiger partial charge in [0.05, 0.1) is 13.2 Å². The number of esters is 2. The molecule has 0 aromatic carbocycles. The molecule has 0 saturated heterocycles. The molecule has 0 atom stereocenters. The van der Waals surface area contributed by atoms with E-state index in [1.165, 1.54) is 0 Å². The van der Waals surface area contributed by atoms with Crippen molar-refractivity contribution in [3.63, 3.8) is 0 Å². The van der Waals surface area contributed by atoms with Crippen molar-refractivity contribution < 1.29 is 23.7 Å². The topological polar surface area (TPSA) is 130 Å². The van der Waals surface area contributed by atoms with E-state index >= 15 is 0 Å². The summed E-state index contributed by atoms with van der Waals surface area (Å²) in [5, 5.41) is 9.27. The zero-order valence-electron chi connectivity index (χ0n) is 10.5. The van der Waals surface area contributed by atoms with Gasteiger partial charge in [-0.1, -0.05) is 0 Å². The molecule has 0 unspecified atom stereocenters. The van der Waals surface area contributed by atoms with E-state index in [1.54, 1.807) is 13.8 Å². The lowest BCUT2D eigenvalue weighted by molar-refractivity contribution is -0.146. The first kappa shape index (κ1) is 14.5. The molecule has 1 aromatic heterocycles. The Bertz CT molecular complexity index is 462. The summed E-state index contributed by atoms with van der Waals surface area (Å²) in [5.74, 6) is -1.57. The predicted molar refractivity (Wildman–Crippen MR) is 63.7 cm³/mol. The summed E-state index contributed by atoms with van der Waals surface area (Å²) < 4.78 is 13.8. The Balaban J connectivity index is 2.86. The number of ether oxygens (including phenoxy) is 2. The van der Waals surface area contributed by atoms with E-state index < -0.39 is 11.9 Å². The summed E-state index contributed by atoms with van der Waals surface area (Å²) in [6.07, 6.45) is 1.08. The van der Waals surface area contributed by atoms with Crippen molar-refractivity contribution in [2.75, 3.05) is 24.3 Å². The molecule has 104 valence electrons. The van der Waals surface area contributed by atoms with E-state index in [1.807, 2.05) is 0 Å². The van der Waals surface area contributed by atoms with E-state index in [2.05, 4.69) is 20.3 Å². The molecular formula is C10H14N4O5. The summed E-state index contributed by atoms with van der Waals surface area (Å²) >= 11 is 0. The minimum absolute atomic E-state index is 0.0108. The Morgan fingerprint density at radius 3 is 2.26 bits per heavy atom. The molecule has 0 spiro atoms. The molecule has 0 amide bonds. The molecule has 0 aliphatic heterocycles. The highest BCUT2D eigenvalue weighted by molar-refractivity contribution is 6.14. The Kier molecular flexibility index (Phi) is 5.33. The van der Waals surface area contributed by atoms with Crippen LogP contribution in [0.2, 0.25) is 0 Å². The quantitative estimate of drug-likeness (QED) is 0.319. The lowest BCUT2D eigenvalue weighted by Crippen LogP contribution is -2.19. The molecule has 0 bridgehead atoms. The minimum atomic E-state index is -0.816. The highest BCUT2D eigenvalue weighted by Gasteiger charge is 2.21. The van der Waals surface area contributed by atoms with Crippen LogP contribution in [0, 0.1) is 0 Å². The van der Waals surface area contributed by atoms with Gasteiger partial charge in [-0.25, -0.2) is 14.2 Å². The van der Waals surface area contributed by atoms with Gasteiger partial charge < -0.3 is 20.5 Å². The second-order valence-electron chi connectivity index (χ2n) is 3.14. The lowest BCUT2D eigenvalue weighted by Gasteiger charge is -2.06. The Labute approximate surface area is 108 Å². The van der Waals surface area contributed by atoms with Crippen LogP contribution in [0.4, 0.5) is 11.6 Å². The number of rotatable bonds is 6. The summed E-state index contributed by atoms with van der Waals surface area (Å²) in [4.78, 5) is 23.2. The number of nitrogens with zero attached hydrogens (tertiary/aromatic N) is 2. The van der Waals surface area contributed by atoms with Crippen LogP contribution < -0.4 is 11.1 Å². The number of hydrogen-bond donors (Lipinski definition) is 2. The summed E-state index contributed by atoms with van der Waals surface area (Å²) in [7, 11) is 0. The standard InChI is InChI=1S/C10H14N4O5/c1-3-17-9(15)6(10(16)18-4-2)5-12-8-7(11)13-19-14-8/h5H,3-4H2,1-2H3,(H2,11,13)(H,12,14). The predicted octanol–water partition coefficient (Wildman–Crippen LogP) is 0.0738. The molecule has 0 radical (unpaired) electrons. The van der Waals surface area contributed by atoms with Gasteiger partial charge in [0.2, 0.25) is 11.6 Å². The average molecular weight is 270 g/mol. The molecule has 0 aliphatic rings. The highest BCUT2D eigenvalue weighted by Crippen LogP contribution is 2.12. The van der Waals surface area contributed by atoms with Crippen molar-refractivity contribution >= 4 is 23.6 Å². The first-order valence-corrected chi connectivity index (χ1v) is 5.49. The molecule has 9 heteroatoms. The number of hydrogen-bond acceptors (Lipinski definition) is 9. The maximum atomic E-state index is 11.6. The molecule has 3 N–H and O–H groups in total. The third-order valence-electron chi connectivity index (χ3n) is 1.86. The van der Waals surface area contributed by atoms with Crippen LogP contribution >= 0.6 is 0 Å². The number of carbonyl (C=O) groups is 2. The van der Waals surface area contributed by atoms with Gasteiger partial charge in [0.25, 0.3) is 0 Å². The first-order chi connectivity index (χ1) is 9.10. The van der Waals surface area contributed by atoms with Gasteiger partial charge in [0, 0.05) is 6.20 Å². The van der Waals surface area contributed by atoms with Crippen LogP contribution in [-0.4, -0.2) is 35.5 Å². The second kappa shape index (κ2) is 6.99. The third-order valence-corrected chi connectivity index (χ3v) is 1.86. The molecule has 9 nitrogen and oxygen atoms in total. The first-order valence-electron chi connectivity index (χ1n) is 5.49. The third kappa shape index (κ3) is 3.98. The van der Waals surface area contributed by atoms with E-state index in [0.29, 0.717) is 0 Å². The second-order valence-corrected chi connectivity index (χ2v) is 3.14. The fraction of sp³-hybridized carbons (Fsp3) is 0.400. The molecule has 0 fully saturated rings. The average Bonchev–Trinajstić information content (AvgIpc) is 2.76. The van der Waals surface area contributed by atoms with Crippen LogP contribution in [0.15, 0.2) is 16.4 Å². The molecule has 1 rings (SSSR count). The zero-order chi connectivity index (χ0) is 14.3. The number of aromatic nitrogens is 2. The Hall–Kier alpha value is -2.58. The van der Waals surface area contributed by atoms with Crippen molar-refractivity contribution in [1.29, 1.82) is 0 Å². The van der Waals surface area contributed by atoms with Crippen molar-refractivity contribution in [2.24, 2.45) is 0 Å². The maximum absolute atomic E-state index is 11.6. The van der Waals surface area contributed by atoms with Crippen LogP contribution in [0.5, 0.6) is 0 Å². The van der Waals surface area contributed by atoms with Gasteiger partial charge in [-0.05, 0) is 24.2 Å². The number of carbonyl (C=O) groups excluding carboxylic acids is 2. The van der Waals surface area contributed by atoms with Gasteiger partial charge in [-0.15, -0.1) is 0 Å². The highest BCUT2D eigenvalue weighted by atomic mass is 16.6. The van der Waals surface area contributed by atoms with Gasteiger partial charge in [0.15, 0.2) is 5.57 Å². The largest absolute Gasteiger partial charge is 0.462 e. The molecule has 1 aromatic rings. The van der Waals surface area contributed by atoms with Gasteiger partial charge in [-0.3, -0.25) is 0 Å². The van der Waals surface area contributed by atoms with E-state index in [-0.39, 0.29) is 30.4 Å². The monoisotopic (exact) mass is 270 g/mol. The van der Waals surface area contributed by atoms with E-state index in [0.717, 1.165) is 6.20 Å². The fourth-order valence-electron chi connectivity index (χ4n) is 1.05. The minimum Gasteiger partial charge on any atom is -0.462 e. The summed E-state index contributed by atoms with van der Waals surface area (Å²) in [5.41, 5.74) is 5.09.